The quantitative estimate of drug-likeness (QED) is 0.768. The molecule has 0 aliphatic heterocycles. The predicted octanol–water partition coefficient (Wildman–Crippen LogP) is 2.74. The highest BCUT2D eigenvalue weighted by Crippen LogP contribution is 2.25. The van der Waals surface area contributed by atoms with Crippen molar-refractivity contribution >= 4 is 5.82 Å². The van der Waals surface area contributed by atoms with Crippen LogP contribution < -0.4 is 10.2 Å². The van der Waals surface area contributed by atoms with Crippen LogP contribution in [0, 0.1) is 0 Å². The number of hydrogen-bond acceptors (Lipinski definition) is 4. The zero-order valence-electron chi connectivity index (χ0n) is 13.5. The summed E-state index contributed by atoms with van der Waals surface area (Å²) < 4.78 is 0. The zero-order chi connectivity index (χ0) is 15.2. The van der Waals surface area contributed by atoms with Crippen LogP contribution >= 0.6 is 0 Å². The summed E-state index contributed by atoms with van der Waals surface area (Å²) in [5.74, 6) is 0.966. The number of aromatic nitrogens is 1. The maximum atomic E-state index is 10.1. The summed E-state index contributed by atoms with van der Waals surface area (Å²) in [5, 5.41) is 13.6. The summed E-state index contributed by atoms with van der Waals surface area (Å²) in [6.07, 6.45) is 2.93. The Bertz CT molecular complexity index is 401. The maximum absolute atomic E-state index is 10.1. The molecule has 0 saturated heterocycles. The van der Waals surface area contributed by atoms with E-state index in [4.69, 9.17) is 0 Å². The summed E-state index contributed by atoms with van der Waals surface area (Å²) >= 11 is 0. The maximum Gasteiger partial charge on any atom is 0.133 e. The lowest BCUT2D eigenvalue weighted by Gasteiger charge is -2.31. The van der Waals surface area contributed by atoms with Gasteiger partial charge in [0, 0.05) is 30.9 Å². The van der Waals surface area contributed by atoms with Gasteiger partial charge in [-0.25, -0.2) is 4.98 Å². The zero-order valence-corrected chi connectivity index (χ0v) is 13.5. The molecule has 0 amide bonds. The first-order chi connectivity index (χ1) is 9.39. The highest BCUT2D eigenvalue weighted by molar-refractivity contribution is 5.48. The van der Waals surface area contributed by atoms with Crippen LogP contribution in [-0.2, 0) is 0 Å². The van der Waals surface area contributed by atoms with E-state index in [1.165, 1.54) is 5.56 Å². The minimum absolute atomic E-state index is 0.259. The summed E-state index contributed by atoms with van der Waals surface area (Å²) in [7, 11) is 0. The van der Waals surface area contributed by atoms with Gasteiger partial charge >= 0.3 is 0 Å². The van der Waals surface area contributed by atoms with Gasteiger partial charge in [0.1, 0.15) is 5.82 Å². The number of nitrogens with zero attached hydrogens (tertiary/aromatic N) is 2. The van der Waals surface area contributed by atoms with Gasteiger partial charge in [-0.1, -0.05) is 13.0 Å². The molecule has 0 spiro atoms. The van der Waals surface area contributed by atoms with E-state index in [0.717, 1.165) is 25.3 Å². The third kappa shape index (κ3) is 5.10. The van der Waals surface area contributed by atoms with Crippen molar-refractivity contribution in [3.63, 3.8) is 0 Å². The molecular formula is C16H29N3O. The molecule has 0 aliphatic carbocycles. The van der Waals surface area contributed by atoms with Crippen molar-refractivity contribution in [2.45, 2.75) is 52.7 Å². The van der Waals surface area contributed by atoms with Crippen LogP contribution in [0.5, 0.6) is 0 Å². The van der Waals surface area contributed by atoms with E-state index in [2.05, 4.69) is 42.0 Å². The molecule has 1 unspecified atom stereocenters. The van der Waals surface area contributed by atoms with Crippen LogP contribution in [-0.4, -0.2) is 35.3 Å². The van der Waals surface area contributed by atoms with Gasteiger partial charge in [-0.3, -0.25) is 0 Å². The van der Waals surface area contributed by atoms with Crippen molar-refractivity contribution in [2.24, 2.45) is 0 Å². The Balaban J connectivity index is 2.97. The van der Waals surface area contributed by atoms with Gasteiger partial charge in [-0.05, 0) is 46.7 Å². The Hall–Kier alpha value is -1.13. The molecule has 0 aromatic carbocycles. The van der Waals surface area contributed by atoms with Gasteiger partial charge in [0.05, 0.1) is 5.60 Å². The Morgan fingerprint density at radius 2 is 2.10 bits per heavy atom. The first-order valence-corrected chi connectivity index (χ1v) is 7.54. The van der Waals surface area contributed by atoms with Crippen molar-refractivity contribution in [3.8, 4) is 0 Å². The second-order valence-corrected chi connectivity index (χ2v) is 5.92. The van der Waals surface area contributed by atoms with Crippen LogP contribution in [0.4, 0.5) is 5.82 Å². The Morgan fingerprint density at radius 3 is 2.65 bits per heavy atom. The van der Waals surface area contributed by atoms with Crippen molar-refractivity contribution in [1.82, 2.24) is 10.3 Å². The molecule has 0 fully saturated rings. The van der Waals surface area contributed by atoms with Gasteiger partial charge in [-0.15, -0.1) is 0 Å². The van der Waals surface area contributed by atoms with E-state index in [0.29, 0.717) is 6.54 Å². The van der Waals surface area contributed by atoms with Crippen molar-refractivity contribution in [3.05, 3.63) is 23.9 Å². The fourth-order valence-corrected chi connectivity index (χ4v) is 2.29. The second-order valence-electron chi connectivity index (χ2n) is 5.92. The number of nitrogens with one attached hydrogen (secondary N) is 1. The number of pyridine rings is 1. The molecule has 2 N–H and O–H groups in total. The van der Waals surface area contributed by atoms with Crippen molar-refractivity contribution < 1.29 is 5.11 Å². The van der Waals surface area contributed by atoms with E-state index >= 15 is 0 Å². The van der Waals surface area contributed by atoms with E-state index in [1.54, 1.807) is 0 Å². The monoisotopic (exact) mass is 279 g/mol. The molecule has 0 saturated carbocycles. The largest absolute Gasteiger partial charge is 0.389 e. The highest BCUT2D eigenvalue weighted by atomic mass is 16.3. The number of aliphatic hydroxyl groups is 1. The third-order valence-electron chi connectivity index (χ3n) is 3.24. The lowest BCUT2D eigenvalue weighted by molar-refractivity contribution is 0.0873. The summed E-state index contributed by atoms with van der Waals surface area (Å²) in [6.45, 7) is 12.5. The van der Waals surface area contributed by atoms with Gasteiger partial charge in [-0.2, -0.15) is 0 Å². The first-order valence-electron chi connectivity index (χ1n) is 7.54. The van der Waals surface area contributed by atoms with Crippen LogP contribution in [0.3, 0.4) is 0 Å². The molecule has 4 heteroatoms. The lowest BCUT2D eigenvalue weighted by atomic mass is 10.1. The lowest BCUT2D eigenvalue weighted by Crippen LogP contribution is -2.40. The Morgan fingerprint density at radius 1 is 1.40 bits per heavy atom. The number of hydrogen-bond donors (Lipinski definition) is 2. The summed E-state index contributed by atoms with van der Waals surface area (Å²) in [6, 6.07) is 4.35. The minimum Gasteiger partial charge on any atom is -0.389 e. The highest BCUT2D eigenvalue weighted by Gasteiger charge is 2.21. The number of rotatable bonds is 8. The Labute approximate surface area is 123 Å². The number of likely N-dealkylation sites (N-methyl/N-ethyl adjacent to an activating group) is 1. The van der Waals surface area contributed by atoms with Gasteiger partial charge in [0.15, 0.2) is 0 Å². The summed E-state index contributed by atoms with van der Waals surface area (Å²) in [4.78, 5) is 6.68. The topological polar surface area (TPSA) is 48.4 Å². The van der Waals surface area contributed by atoms with E-state index in [-0.39, 0.29) is 6.04 Å². The fourth-order valence-electron chi connectivity index (χ4n) is 2.29. The van der Waals surface area contributed by atoms with Gasteiger partial charge in [0.25, 0.3) is 0 Å². The average Bonchev–Trinajstić information content (AvgIpc) is 2.41. The molecule has 1 rings (SSSR count). The van der Waals surface area contributed by atoms with E-state index < -0.39 is 5.60 Å². The van der Waals surface area contributed by atoms with E-state index in [1.807, 2.05) is 26.1 Å². The fraction of sp³-hybridized carbons (Fsp3) is 0.688. The Kier molecular flexibility index (Phi) is 6.43. The average molecular weight is 279 g/mol. The van der Waals surface area contributed by atoms with Crippen molar-refractivity contribution in [1.29, 1.82) is 0 Å². The van der Waals surface area contributed by atoms with Crippen LogP contribution in [0.25, 0.3) is 0 Å². The smallest absolute Gasteiger partial charge is 0.133 e. The third-order valence-corrected chi connectivity index (χ3v) is 3.24. The van der Waals surface area contributed by atoms with Crippen LogP contribution in [0.1, 0.15) is 52.6 Å². The molecule has 1 heterocycles. The molecule has 1 aromatic heterocycles. The molecule has 0 radical (unpaired) electrons. The van der Waals surface area contributed by atoms with Crippen LogP contribution in [0.2, 0.25) is 0 Å². The van der Waals surface area contributed by atoms with Gasteiger partial charge in [0.2, 0.25) is 0 Å². The SMILES string of the molecule is CCCNC(C)c1cccnc1N(CC)CC(C)(C)O. The second kappa shape index (κ2) is 7.60. The normalized spacial score (nSPS) is 13.3. The minimum atomic E-state index is -0.731. The van der Waals surface area contributed by atoms with E-state index in [9.17, 15) is 5.11 Å². The molecule has 0 bridgehead atoms. The molecular weight excluding hydrogens is 250 g/mol. The standard InChI is InChI=1S/C16H29N3O/c1-6-10-17-13(3)14-9-8-11-18-15(14)19(7-2)12-16(4,5)20/h8-9,11,13,17,20H,6-7,10,12H2,1-5H3. The predicted molar refractivity (Wildman–Crippen MR) is 85.1 cm³/mol. The molecule has 1 atom stereocenters. The van der Waals surface area contributed by atoms with Crippen molar-refractivity contribution in [2.75, 3.05) is 24.5 Å². The summed E-state index contributed by atoms with van der Waals surface area (Å²) in [5.41, 5.74) is 0.456. The number of anilines is 1. The van der Waals surface area contributed by atoms with Crippen LogP contribution in [0.15, 0.2) is 18.3 Å². The van der Waals surface area contributed by atoms with Gasteiger partial charge < -0.3 is 15.3 Å². The molecule has 114 valence electrons. The molecule has 4 nitrogen and oxygen atoms in total. The first kappa shape index (κ1) is 16.9. The molecule has 20 heavy (non-hydrogen) atoms. The molecule has 0 aliphatic rings. The molecule has 1 aromatic rings.